The summed E-state index contributed by atoms with van der Waals surface area (Å²) in [6.07, 6.45) is 3.76. The topological polar surface area (TPSA) is 59.7 Å². The molecule has 0 saturated carbocycles. The van der Waals surface area contributed by atoms with E-state index in [-0.39, 0.29) is 0 Å². The number of rotatable bonds is 4. The molecule has 0 N–H and O–H groups in total. The first-order valence-electron chi connectivity index (χ1n) is 6.81. The van der Waals surface area contributed by atoms with E-state index >= 15 is 0 Å². The molecule has 3 aromatic rings. The molecule has 0 aliphatic carbocycles. The normalized spacial score (nSPS) is 14.5. The summed E-state index contributed by atoms with van der Waals surface area (Å²) in [5.41, 5.74) is 4.74. The average Bonchev–Trinajstić information content (AvgIpc) is 3.20. The number of hydrogen-bond donors (Lipinski definition) is 0. The van der Waals surface area contributed by atoms with Crippen molar-refractivity contribution in [1.82, 2.24) is 28.6 Å². The van der Waals surface area contributed by atoms with Crippen molar-refractivity contribution in [2.45, 2.75) is 26.2 Å². The molecule has 1 aliphatic rings. The lowest BCUT2D eigenvalue weighted by Crippen LogP contribution is -2.15. The number of fused-ring (bicyclic) bond motifs is 1. The van der Waals surface area contributed by atoms with Crippen LogP contribution in [0, 0.1) is 0 Å². The molecule has 21 heavy (non-hydrogen) atoms. The Hall–Kier alpha value is -2.12. The lowest BCUT2D eigenvalue weighted by molar-refractivity contribution is 0.272. The Morgan fingerprint density at radius 3 is 2.57 bits per heavy atom. The van der Waals surface area contributed by atoms with Crippen molar-refractivity contribution < 1.29 is 0 Å². The fraction of sp³-hybridized carbons (Fsp3) is 0.286. The largest absolute Gasteiger partial charge is 0.289 e. The highest BCUT2D eigenvalue weighted by atomic mass is 32.1. The predicted octanol–water partition coefficient (Wildman–Crippen LogP) is 1.69. The molecule has 0 saturated heterocycles. The molecular formula is C14H14N6S. The van der Waals surface area contributed by atoms with Gasteiger partial charge in [-0.2, -0.15) is 8.75 Å². The van der Waals surface area contributed by atoms with Crippen molar-refractivity contribution in [2.24, 2.45) is 0 Å². The highest BCUT2D eigenvalue weighted by Crippen LogP contribution is 2.23. The minimum atomic E-state index is 0.629. The van der Waals surface area contributed by atoms with E-state index in [1.54, 1.807) is 6.20 Å². The molecule has 0 fully saturated rings. The zero-order valence-corrected chi connectivity index (χ0v) is 12.2. The van der Waals surface area contributed by atoms with Crippen LogP contribution in [0.3, 0.4) is 0 Å². The summed E-state index contributed by atoms with van der Waals surface area (Å²) in [6.45, 7) is 3.42. The first-order chi connectivity index (χ1) is 10.4. The second-order valence-electron chi connectivity index (χ2n) is 5.22. The van der Waals surface area contributed by atoms with Crippen LogP contribution in [-0.4, -0.2) is 28.6 Å². The molecule has 106 valence electrons. The van der Waals surface area contributed by atoms with Crippen LogP contribution in [0.1, 0.15) is 22.5 Å². The smallest absolute Gasteiger partial charge is 0.0967 e. The van der Waals surface area contributed by atoms with Gasteiger partial charge >= 0.3 is 0 Å². The Bertz CT molecular complexity index is 711. The molecule has 7 heteroatoms. The van der Waals surface area contributed by atoms with Gasteiger partial charge in [0.1, 0.15) is 0 Å². The standard InChI is InChI=1S/C14H14N6S/c1-2-4-12-7-19(6-11(12)3-1)8-14-10-20(18-16-14)9-13-5-15-21-17-13/h1-5,10H,6-9H2. The van der Waals surface area contributed by atoms with Crippen molar-refractivity contribution >= 4 is 11.7 Å². The summed E-state index contributed by atoms with van der Waals surface area (Å²) in [6, 6.07) is 8.59. The van der Waals surface area contributed by atoms with E-state index < -0.39 is 0 Å². The number of benzene rings is 1. The second kappa shape index (κ2) is 5.34. The summed E-state index contributed by atoms with van der Waals surface area (Å²) in [5, 5.41) is 8.41. The SMILES string of the molecule is c1ccc2c(c1)CN(Cc1cn(Cc3cnsn3)nn1)C2. The summed E-state index contributed by atoms with van der Waals surface area (Å²) >= 11 is 1.22. The Kier molecular flexibility index (Phi) is 3.21. The quantitative estimate of drug-likeness (QED) is 0.733. The molecule has 1 aliphatic heterocycles. The summed E-state index contributed by atoms with van der Waals surface area (Å²) in [7, 11) is 0. The molecule has 6 nitrogen and oxygen atoms in total. The lowest BCUT2D eigenvalue weighted by atomic mass is 10.1. The summed E-state index contributed by atoms with van der Waals surface area (Å²) in [5.74, 6) is 0. The van der Waals surface area contributed by atoms with Gasteiger partial charge in [-0.25, -0.2) is 4.68 Å². The van der Waals surface area contributed by atoms with Crippen molar-refractivity contribution in [3.63, 3.8) is 0 Å². The summed E-state index contributed by atoms with van der Waals surface area (Å²) < 4.78 is 9.99. The monoisotopic (exact) mass is 298 g/mol. The van der Waals surface area contributed by atoms with Crippen molar-refractivity contribution in [3.8, 4) is 0 Å². The Morgan fingerprint density at radius 2 is 1.86 bits per heavy atom. The summed E-state index contributed by atoms with van der Waals surface area (Å²) in [4.78, 5) is 2.38. The molecule has 4 rings (SSSR count). The van der Waals surface area contributed by atoms with Gasteiger partial charge in [0.25, 0.3) is 0 Å². The molecule has 0 bridgehead atoms. The average molecular weight is 298 g/mol. The molecule has 0 amide bonds. The maximum Gasteiger partial charge on any atom is 0.0967 e. The fourth-order valence-electron chi connectivity index (χ4n) is 2.65. The van der Waals surface area contributed by atoms with E-state index in [9.17, 15) is 0 Å². The van der Waals surface area contributed by atoms with Gasteiger partial charge in [-0.1, -0.05) is 29.5 Å². The molecule has 0 radical (unpaired) electrons. The van der Waals surface area contributed by atoms with Crippen LogP contribution in [0.25, 0.3) is 0 Å². The Morgan fingerprint density at radius 1 is 1.05 bits per heavy atom. The van der Waals surface area contributed by atoms with Crippen molar-refractivity contribution in [2.75, 3.05) is 0 Å². The fourth-order valence-corrected chi connectivity index (χ4v) is 3.08. The van der Waals surface area contributed by atoms with E-state index in [1.165, 1.54) is 22.9 Å². The molecule has 0 spiro atoms. The van der Waals surface area contributed by atoms with Gasteiger partial charge in [0.2, 0.25) is 0 Å². The highest BCUT2D eigenvalue weighted by Gasteiger charge is 2.19. The third-order valence-electron chi connectivity index (χ3n) is 3.61. The molecular weight excluding hydrogens is 284 g/mol. The number of aromatic nitrogens is 5. The third kappa shape index (κ3) is 2.70. The van der Waals surface area contributed by atoms with Gasteiger partial charge in [-0.15, -0.1) is 5.10 Å². The molecule has 2 aromatic heterocycles. The van der Waals surface area contributed by atoms with Gasteiger partial charge in [-0.05, 0) is 11.1 Å². The van der Waals surface area contributed by atoms with Crippen LogP contribution in [0.4, 0.5) is 0 Å². The first kappa shape index (κ1) is 12.6. The van der Waals surface area contributed by atoms with E-state index in [1.807, 2.05) is 10.9 Å². The van der Waals surface area contributed by atoms with Gasteiger partial charge in [-0.3, -0.25) is 4.90 Å². The molecule has 3 heterocycles. The van der Waals surface area contributed by atoms with Gasteiger partial charge in [0.15, 0.2) is 0 Å². The Labute approximate surface area is 126 Å². The van der Waals surface area contributed by atoms with Gasteiger partial charge < -0.3 is 0 Å². The molecule has 0 atom stereocenters. The van der Waals surface area contributed by atoms with Crippen molar-refractivity contribution in [1.29, 1.82) is 0 Å². The van der Waals surface area contributed by atoms with Crippen LogP contribution in [0.15, 0.2) is 36.7 Å². The zero-order chi connectivity index (χ0) is 14.1. The third-order valence-corrected chi connectivity index (χ3v) is 4.12. The van der Waals surface area contributed by atoms with E-state index in [2.05, 4.69) is 48.2 Å². The number of hydrogen-bond acceptors (Lipinski definition) is 6. The van der Waals surface area contributed by atoms with Gasteiger partial charge in [0, 0.05) is 19.6 Å². The van der Waals surface area contributed by atoms with Crippen molar-refractivity contribution in [3.05, 3.63) is 59.2 Å². The van der Waals surface area contributed by atoms with Gasteiger partial charge in [0.05, 0.1) is 42.1 Å². The zero-order valence-electron chi connectivity index (χ0n) is 11.4. The van der Waals surface area contributed by atoms with Crippen LogP contribution >= 0.6 is 11.7 Å². The maximum absolute atomic E-state index is 4.25. The number of nitrogens with zero attached hydrogens (tertiary/aromatic N) is 6. The minimum absolute atomic E-state index is 0.629. The predicted molar refractivity (Wildman–Crippen MR) is 78.4 cm³/mol. The van der Waals surface area contributed by atoms with E-state index in [0.717, 1.165) is 31.0 Å². The molecule has 0 unspecified atom stereocenters. The second-order valence-corrected chi connectivity index (χ2v) is 5.78. The van der Waals surface area contributed by atoms with Crippen LogP contribution in [0.2, 0.25) is 0 Å². The maximum atomic E-state index is 4.25. The molecule has 1 aromatic carbocycles. The first-order valence-corrected chi connectivity index (χ1v) is 7.54. The lowest BCUT2D eigenvalue weighted by Gasteiger charge is -2.11. The highest BCUT2D eigenvalue weighted by molar-refractivity contribution is 6.99. The minimum Gasteiger partial charge on any atom is -0.289 e. The van der Waals surface area contributed by atoms with E-state index in [0.29, 0.717) is 6.54 Å². The van der Waals surface area contributed by atoms with E-state index in [4.69, 9.17) is 0 Å². The Balaban J connectivity index is 1.41. The van der Waals surface area contributed by atoms with Crippen LogP contribution in [0.5, 0.6) is 0 Å². The van der Waals surface area contributed by atoms with Crippen LogP contribution in [-0.2, 0) is 26.2 Å². The van der Waals surface area contributed by atoms with Crippen LogP contribution < -0.4 is 0 Å².